The second-order valence-corrected chi connectivity index (χ2v) is 5.46. The van der Waals surface area contributed by atoms with Crippen molar-refractivity contribution in [3.63, 3.8) is 0 Å². The summed E-state index contributed by atoms with van der Waals surface area (Å²) in [7, 11) is 2.07. The number of hydrogen-bond donors (Lipinski definition) is 0. The fraction of sp³-hybridized carbons (Fsp3) is 0.692. The molecule has 0 radical (unpaired) electrons. The van der Waals surface area contributed by atoms with Crippen molar-refractivity contribution in [1.82, 2.24) is 9.97 Å². The Bertz CT molecular complexity index is 390. The summed E-state index contributed by atoms with van der Waals surface area (Å²) in [6.45, 7) is 5.47. The molecule has 1 aromatic heterocycles. The summed E-state index contributed by atoms with van der Waals surface area (Å²) >= 11 is 6.06. The molecule has 0 N–H and O–H groups in total. The maximum Gasteiger partial charge on any atom is 0.135 e. The molecule has 0 amide bonds. The first-order chi connectivity index (χ1) is 8.10. The van der Waals surface area contributed by atoms with E-state index in [0.717, 1.165) is 18.2 Å². The lowest BCUT2D eigenvalue weighted by molar-refractivity contribution is 0.557. The minimum atomic E-state index is 0.546. The summed E-state index contributed by atoms with van der Waals surface area (Å²) in [6.07, 6.45) is 3.59. The van der Waals surface area contributed by atoms with E-state index in [0.29, 0.717) is 17.0 Å². The van der Waals surface area contributed by atoms with Gasteiger partial charge in [0.25, 0.3) is 0 Å². The quantitative estimate of drug-likeness (QED) is 0.753. The standard InChI is InChI=1S/C13H20ClN3/c1-4-9(2)8-17(3)12-7-11(14)15-13(16-12)10-5-6-10/h7,9-10H,4-6,8H2,1-3H3. The van der Waals surface area contributed by atoms with Crippen LogP contribution in [0.3, 0.4) is 0 Å². The summed E-state index contributed by atoms with van der Waals surface area (Å²) in [5, 5.41) is 0.563. The molecule has 1 aromatic rings. The Balaban J connectivity index is 2.13. The van der Waals surface area contributed by atoms with E-state index in [-0.39, 0.29) is 0 Å². The molecule has 1 heterocycles. The van der Waals surface area contributed by atoms with Gasteiger partial charge in [0.2, 0.25) is 0 Å². The lowest BCUT2D eigenvalue weighted by atomic mass is 10.1. The van der Waals surface area contributed by atoms with Crippen LogP contribution in [0.5, 0.6) is 0 Å². The monoisotopic (exact) mass is 253 g/mol. The number of rotatable bonds is 5. The Morgan fingerprint density at radius 1 is 1.47 bits per heavy atom. The van der Waals surface area contributed by atoms with Crippen molar-refractivity contribution in [3.8, 4) is 0 Å². The van der Waals surface area contributed by atoms with Gasteiger partial charge in [-0.1, -0.05) is 31.9 Å². The van der Waals surface area contributed by atoms with Crippen LogP contribution >= 0.6 is 11.6 Å². The van der Waals surface area contributed by atoms with Gasteiger partial charge in [-0.05, 0) is 18.8 Å². The van der Waals surface area contributed by atoms with Crippen LogP contribution in [0.4, 0.5) is 5.82 Å². The van der Waals surface area contributed by atoms with E-state index >= 15 is 0 Å². The zero-order valence-electron chi connectivity index (χ0n) is 10.8. The van der Waals surface area contributed by atoms with Crippen LogP contribution in [-0.2, 0) is 0 Å². The summed E-state index contributed by atoms with van der Waals surface area (Å²) in [4.78, 5) is 11.1. The number of nitrogens with zero attached hydrogens (tertiary/aromatic N) is 3. The second-order valence-electron chi connectivity index (χ2n) is 5.08. The predicted octanol–water partition coefficient (Wildman–Crippen LogP) is 3.49. The van der Waals surface area contributed by atoms with Gasteiger partial charge in [-0.25, -0.2) is 9.97 Å². The Morgan fingerprint density at radius 2 is 2.18 bits per heavy atom. The summed E-state index contributed by atoms with van der Waals surface area (Å²) < 4.78 is 0. The van der Waals surface area contributed by atoms with Gasteiger partial charge < -0.3 is 4.90 Å². The summed E-state index contributed by atoms with van der Waals surface area (Å²) in [5.41, 5.74) is 0. The van der Waals surface area contributed by atoms with Gasteiger partial charge in [-0.2, -0.15) is 0 Å². The topological polar surface area (TPSA) is 29.0 Å². The third kappa shape index (κ3) is 3.32. The molecular formula is C13H20ClN3. The van der Waals surface area contributed by atoms with Crippen molar-refractivity contribution in [2.75, 3.05) is 18.5 Å². The molecule has 1 atom stereocenters. The molecule has 94 valence electrons. The largest absolute Gasteiger partial charge is 0.359 e. The first kappa shape index (κ1) is 12.6. The van der Waals surface area contributed by atoms with Gasteiger partial charge in [-0.3, -0.25) is 0 Å². The molecule has 1 aliphatic rings. The average Bonchev–Trinajstić information content (AvgIpc) is 3.11. The van der Waals surface area contributed by atoms with E-state index in [1.807, 2.05) is 6.07 Å². The first-order valence-corrected chi connectivity index (χ1v) is 6.73. The highest BCUT2D eigenvalue weighted by Gasteiger charge is 2.27. The number of aromatic nitrogens is 2. The molecule has 1 aliphatic carbocycles. The fourth-order valence-corrected chi connectivity index (χ4v) is 2.02. The van der Waals surface area contributed by atoms with E-state index in [2.05, 4.69) is 35.8 Å². The Labute approximate surface area is 108 Å². The van der Waals surface area contributed by atoms with Crippen molar-refractivity contribution in [2.24, 2.45) is 5.92 Å². The molecule has 1 unspecified atom stereocenters. The van der Waals surface area contributed by atoms with Crippen LogP contribution in [0.25, 0.3) is 0 Å². The minimum absolute atomic E-state index is 0.546. The smallest absolute Gasteiger partial charge is 0.135 e. The van der Waals surface area contributed by atoms with Gasteiger partial charge >= 0.3 is 0 Å². The molecule has 0 spiro atoms. The van der Waals surface area contributed by atoms with Crippen molar-refractivity contribution in [3.05, 3.63) is 17.0 Å². The van der Waals surface area contributed by atoms with Crippen LogP contribution in [0.2, 0.25) is 5.15 Å². The minimum Gasteiger partial charge on any atom is -0.359 e. The highest BCUT2D eigenvalue weighted by Crippen LogP contribution is 2.39. The Morgan fingerprint density at radius 3 is 2.76 bits per heavy atom. The van der Waals surface area contributed by atoms with Crippen LogP contribution in [-0.4, -0.2) is 23.6 Å². The fourth-order valence-electron chi connectivity index (χ4n) is 1.83. The molecule has 0 aliphatic heterocycles. The van der Waals surface area contributed by atoms with Crippen LogP contribution in [0.1, 0.15) is 44.9 Å². The zero-order chi connectivity index (χ0) is 12.4. The van der Waals surface area contributed by atoms with Crippen molar-refractivity contribution in [1.29, 1.82) is 0 Å². The van der Waals surface area contributed by atoms with E-state index in [1.54, 1.807) is 0 Å². The lowest BCUT2D eigenvalue weighted by Crippen LogP contribution is -2.25. The molecule has 4 heteroatoms. The van der Waals surface area contributed by atoms with Gasteiger partial charge in [-0.15, -0.1) is 0 Å². The van der Waals surface area contributed by atoms with E-state index in [1.165, 1.54) is 19.3 Å². The second kappa shape index (κ2) is 5.21. The van der Waals surface area contributed by atoms with Gasteiger partial charge in [0, 0.05) is 25.6 Å². The van der Waals surface area contributed by atoms with Crippen LogP contribution in [0, 0.1) is 5.92 Å². The maximum absolute atomic E-state index is 6.06. The summed E-state index contributed by atoms with van der Waals surface area (Å²) in [6, 6.07) is 1.86. The number of hydrogen-bond acceptors (Lipinski definition) is 3. The SMILES string of the molecule is CCC(C)CN(C)c1cc(Cl)nc(C2CC2)n1. The van der Waals surface area contributed by atoms with E-state index < -0.39 is 0 Å². The molecule has 0 aromatic carbocycles. The predicted molar refractivity (Wildman–Crippen MR) is 71.7 cm³/mol. The average molecular weight is 254 g/mol. The van der Waals surface area contributed by atoms with Crippen molar-refractivity contribution in [2.45, 2.75) is 39.0 Å². The van der Waals surface area contributed by atoms with E-state index in [9.17, 15) is 0 Å². The zero-order valence-corrected chi connectivity index (χ0v) is 11.5. The molecule has 1 fully saturated rings. The van der Waals surface area contributed by atoms with Gasteiger partial charge in [0.05, 0.1) is 0 Å². The molecule has 1 saturated carbocycles. The Kier molecular flexibility index (Phi) is 3.87. The molecule has 0 saturated heterocycles. The van der Waals surface area contributed by atoms with Crippen LogP contribution in [0.15, 0.2) is 6.07 Å². The van der Waals surface area contributed by atoms with Gasteiger partial charge in [0.15, 0.2) is 0 Å². The normalized spacial score (nSPS) is 16.9. The van der Waals surface area contributed by atoms with E-state index in [4.69, 9.17) is 11.6 Å². The number of halogens is 1. The highest BCUT2D eigenvalue weighted by atomic mass is 35.5. The number of anilines is 1. The van der Waals surface area contributed by atoms with Crippen molar-refractivity contribution < 1.29 is 0 Å². The highest BCUT2D eigenvalue weighted by molar-refractivity contribution is 6.29. The summed E-state index contributed by atoms with van der Waals surface area (Å²) in [5.74, 6) is 3.08. The molecule has 2 rings (SSSR count). The molecule has 0 bridgehead atoms. The maximum atomic E-state index is 6.06. The Hall–Kier alpha value is -0.830. The molecule has 3 nitrogen and oxygen atoms in total. The molecule has 17 heavy (non-hydrogen) atoms. The third-order valence-electron chi connectivity index (χ3n) is 3.31. The molecular weight excluding hydrogens is 234 g/mol. The van der Waals surface area contributed by atoms with Crippen molar-refractivity contribution >= 4 is 17.4 Å². The lowest BCUT2D eigenvalue weighted by Gasteiger charge is -2.22. The third-order valence-corrected chi connectivity index (χ3v) is 3.51. The van der Waals surface area contributed by atoms with Crippen LogP contribution < -0.4 is 4.90 Å². The van der Waals surface area contributed by atoms with Gasteiger partial charge in [0.1, 0.15) is 16.8 Å². The first-order valence-electron chi connectivity index (χ1n) is 6.35.